The highest BCUT2D eigenvalue weighted by Gasteiger charge is 2.26. The van der Waals surface area contributed by atoms with Gasteiger partial charge in [-0.05, 0) is 25.0 Å². The van der Waals surface area contributed by atoms with E-state index in [4.69, 9.17) is 4.74 Å². The Morgan fingerprint density at radius 1 is 1.24 bits per heavy atom. The normalized spacial score (nSPS) is 11.7. The Balaban J connectivity index is 2.41. The van der Waals surface area contributed by atoms with Crippen LogP contribution in [0, 0.1) is 6.92 Å². The van der Waals surface area contributed by atoms with E-state index in [1.54, 1.807) is 26.0 Å². The lowest BCUT2D eigenvalue weighted by Gasteiger charge is -2.29. The van der Waals surface area contributed by atoms with E-state index < -0.39 is 5.97 Å². The molecule has 1 atom stereocenters. The molecule has 1 aromatic heterocycles. The fourth-order valence-corrected chi connectivity index (χ4v) is 2.93. The van der Waals surface area contributed by atoms with Gasteiger partial charge in [0.2, 0.25) is 0 Å². The maximum Gasteiger partial charge on any atom is 0.337 e. The number of benzene rings is 1. The lowest BCUT2D eigenvalue weighted by molar-refractivity contribution is 0.0695. The van der Waals surface area contributed by atoms with Gasteiger partial charge < -0.3 is 14.7 Å². The minimum absolute atomic E-state index is 0.0320. The first kappa shape index (κ1) is 18.4. The molecule has 1 aromatic carbocycles. The molecule has 25 heavy (non-hydrogen) atoms. The second kappa shape index (κ2) is 7.79. The summed E-state index contributed by atoms with van der Waals surface area (Å²) < 4.78 is 5.41. The minimum Gasteiger partial charge on any atom is -0.496 e. The van der Waals surface area contributed by atoms with Crippen molar-refractivity contribution in [2.24, 2.45) is 0 Å². The summed E-state index contributed by atoms with van der Waals surface area (Å²) in [6.07, 6.45) is 3.36. The molecule has 132 valence electrons. The van der Waals surface area contributed by atoms with Crippen LogP contribution in [0.25, 0.3) is 0 Å². The summed E-state index contributed by atoms with van der Waals surface area (Å²) in [5.74, 6) is -0.659. The van der Waals surface area contributed by atoms with Crippen molar-refractivity contribution in [2.75, 3.05) is 14.2 Å². The Morgan fingerprint density at radius 2 is 1.88 bits per heavy atom. The number of carboxylic acid groups (broad SMARTS) is 1. The van der Waals surface area contributed by atoms with Crippen LogP contribution in [-0.2, 0) is 0 Å². The van der Waals surface area contributed by atoms with Crippen LogP contribution in [0.1, 0.15) is 51.2 Å². The first-order chi connectivity index (χ1) is 11.9. The van der Waals surface area contributed by atoms with E-state index in [-0.39, 0.29) is 23.1 Å². The van der Waals surface area contributed by atoms with Crippen LogP contribution >= 0.6 is 0 Å². The van der Waals surface area contributed by atoms with Crippen molar-refractivity contribution in [3.8, 4) is 5.75 Å². The average Bonchev–Trinajstić information content (AvgIpc) is 2.62. The van der Waals surface area contributed by atoms with E-state index >= 15 is 0 Å². The molecular weight excluding hydrogens is 320 g/mol. The standard InChI is InChI=1S/C19H22N2O4/c1-5-16(13-8-6-7-9-17(13)25-4)21(3)18(22)14-10-20-11-15(12(14)2)19(23)24/h6-11,16H,5H2,1-4H3,(H,23,24). The van der Waals surface area contributed by atoms with E-state index in [1.165, 1.54) is 12.4 Å². The van der Waals surface area contributed by atoms with E-state index in [0.717, 1.165) is 5.56 Å². The molecule has 0 radical (unpaired) electrons. The molecule has 0 aliphatic carbocycles. The molecule has 0 aliphatic heterocycles. The third-order valence-corrected chi connectivity index (χ3v) is 4.35. The van der Waals surface area contributed by atoms with Gasteiger partial charge in [0.25, 0.3) is 5.91 Å². The number of nitrogens with zero attached hydrogens (tertiary/aromatic N) is 2. The molecule has 0 saturated heterocycles. The number of ether oxygens (including phenoxy) is 1. The second-order valence-electron chi connectivity index (χ2n) is 5.75. The fraction of sp³-hybridized carbons (Fsp3) is 0.316. The molecule has 6 heteroatoms. The first-order valence-corrected chi connectivity index (χ1v) is 8.00. The molecule has 6 nitrogen and oxygen atoms in total. The summed E-state index contributed by atoms with van der Waals surface area (Å²) >= 11 is 0. The summed E-state index contributed by atoms with van der Waals surface area (Å²) in [6.45, 7) is 3.61. The maximum absolute atomic E-state index is 13.0. The van der Waals surface area contributed by atoms with Crippen molar-refractivity contribution in [3.63, 3.8) is 0 Å². The number of aromatic carboxylic acids is 1. The van der Waals surface area contributed by atoms with Gasteiger partial charge in [0.1, 0.15) is 5.75 Å². The average molecular weight is 342 g/mol. The zero-order valence-corrected chi connectivity index (χ0v) is 14.8. The molecule has 1 unspecified atom stereocenters. The van der Waals surface area contributed by atoms with Crippen LogP contribution in [0.5, 0.6) is 5.75 Å². The molecule has 0 aliphatic rings. The molecule has 0 bridgehead atoms. The number of carbonyl (C=O) groups excluding carboxylic acids is 1. The van der Waals surface area contributed by atoms with Crippen LogP contribution in [0.15, 0.2) is 36.7 Å². The van der Waals surface area contributed by atoms with E-state index in [2.05, 4.69) is 4.98 Å². The number of methoxy groups -OCH3 is 1. The highest BCUT2D eigenvalue weighted by atomic mass is 16.5. The van der Waals surface area contributed by atoms with Gasteiger partial charge in [0.15, 0.2) is 0 Å². The highest BCUT2D eigenvalue weighted by molar-refractivity contribution is 5.99. The fourth-order valence-electron chi connectivity index (χ4n) is 2.93. The number of aromatic nitrogens is 1. The summed E-state index contributed by atoms with van der Waals surface area (Å²) in [5.41, 5.74) is 1.64. The molecule has 0 spiro atoms. The Hall–Kier alpha value is -2.89. The Bertz CT molecular complexity index is 789. The summed E-state index contributed by atoms with van der Waals surface area (Å²) in [4.78, 5) is 29.8. The summed E-state index contributed by atoms with van der Waals surface area (Å²) in [6, 6.07) is 7.36. The van der Waals surface area contributed by atoms with Gasteiger partial charge in [-0.2, -0.15) is 0 Å². The lowest BCUT2D eigenvalue weighted by atomic mass is 9.99. The predicted octanol–water partition coefficient (Wildman–Crippen LogP) is 3.32. The van der Waals surface area contributed by atoms with Gasteiger partial charge >= 0.3 is 5.97 Å². The van der Waals surface area contributed by atoms with Crippen LogP contribution in [0.4, 0.5) is 0 Å². The largest absolute Gasteiger partial charge is 0.496 e. The van der Waals surface area contributed by atoms with Gasteiger partial charge in [-0.25, -0.2) is 4.79 Å². The highest BCUT2D eigenvalue weighted by Crippen LogP contribution is 2.32. The van der Waals surface area contributed by atoms with Crippen molar-refractivity contribution < 1.29 is 19.4 Å². The van der Waals surface area contributed by atoms with Crippen LogP contribution in [0.3, 0.4) is 0 Å². The summed E-state index contributed by atoms with van der Waals surface area (Å²) in [5, 5.41) is 9.23. The topological polar surface area (TPSA) is 79.7 Å². The van der Waals surface area contributed by atoms with Gasteiger partial charge in [-0.1, -0.05) is 25.1 Å². The van der Waals surface area contributed by atoms with Crippen molar-refractivity contribution in [2.45, 2.75) is 26.3 Å². The molecule has 0 fully saturated rings. The second-order valence-corrected chi connectivity index (χ2v) is 5.75. The smallest absolute Gasteiger partial charge is 0.337 e. The quantitative estimate of drug-likeness (QED) is 0.871. The van der Waals surface area contributed by atoms with Crippen molar-refractivity contribution in [1.82, 2.24) is 9.88 Å². The number of rotatable bonds is 6. The van der Waals surface area contributed by atoms with Gasteiger partial charge in [0.05, 0.1) is 24.3 Å². The summed E-state index contributed by atoms with van der Waals surface area (Å²) in [7, 11) is 3.30. The molecule has 2 aromatic rings. The van der Waals surface area contributed by atoms with Crippen LogP contribution in [-0.4, -0.2) is 41.0 Å². The first-order valence-electron chi connectivity index (χ1n) is 8.00. The van der Waals surface area contributed by atoms with Crippen molar-refractivity contribution in [1.29, 1.82) is 0 Å². The number of para-hydroxylation sites is 1. The van der Waals surface area contributed by atoms with Crippen molar-refractivity contribution in [3.05, 3.63) is 58.9 Å². The van der Waals surface area contributed by atoms with Crippen molar-refractivity contribution >= 4 is 11.9 Å². The van der Waals surface area contributed by atoms with Crippen LogP contribution < -0.4 is 4.74 Å². The SMILES string of the molecule is CCC(c1ccccc1OC)N(C)C(=O)c1cncc(C(=O)O)c1C. The molecule has 1 amide bonds. The van der Waals surface area contributed by atoms with Gasteiger partial charge in [-0.3, -0.25) is 9.78 Å². The number of carboxylic acids is 1. The van der Waals surface area contributed by atoms with E-state index in [9.17, 15) is 14.7 Å². The van der Waals surface area contributed by atoms with E-state index in [1.807, 2.05) is 31.2 Å². The molecule has 0 saturated carbocycles. The van der Waals surface area contributed by atoms with Gasteiger partial charge in [0, 0.05) is 25.0 Å². The number of pyridine rings is 1. The number of hydrogen-bond acceptors (Lipinski definition) is 4. The maximum atomic E-state index is 13.0. The zero-order chi connectivity index (χ0) is 18.6. The molecule has 2 rings (SSSR count). The number of amides is 1. The Kier molecular flexibility index (Phi) is 5.75. The zero-order valence-electron chi connectivity index (χ0n) is 14.8. The minimum atomic E-state index is -1.10. The third-order valence-electron chi connectivity index (χ3n) is 4.35. The Labute approximate surface area is 147 Å². The number of carbonyl (C=O) groups is 2. The molecular formula is C19H22N2O4. The van der Waals surface area contributed by atoms with Crippen LogP contribution in [0.2, 0.25) is 0 Å². The molecule has 1 N–H and O–H groups in total. The predicted molar refractivity (Wildman–Crippen MR) is 94.1 cm³/mol. The monoisotopic (exact) mass is 342 g/mol. The molecule has 1 heterocycles. The Morgan fingerprint density at radius 3 is 2.48 bits per heavy atom. The van der Waals surface area contributed by atoms with Gasteiger partial charge in [-0.15, -0.1) is 0 Å². The third kappa shape index (κ3) is 3.63. The van der Waals surface area contributed by atoms with E-state index in [0.29, 0.717) is 17.7 Å². The number of hydrogen-bond donors (Lipinski definition) is 1. The lowest BCUT2D eigenvalue weighted by Crippen LogP contribution is -2.32.